The first-order valence-electron chi connectivity index (χ1n) is 5.75. The zero-order valence-electron chi connectivity index (χ0n) is 10.7. The van der Waals surface area contributed by atoms with Gasteiger partial charge in [-0.1, -0.05) is 31.1 Å². The van der Waals surface area contributed by atoms with Crippen molar-refractivity contribution in [3.05, 3.63) is 5.69 Å². The number of aryl methyl sites for hydroxylation is 1. The number of hydrogen-bond acceptors (Lipinski definition) is 6. The number of hydrogen-bond donors (Lipinski definition) is 3. The Hall–Kier alpha value is -1.19. The van der Waals surface area contributed by atoms with E-state index in [1.165, 1.54) is 6.92 Å². The zero-order chi connectivity index (χ0) is 14.6. The number of aromatic nitrogens is 1. The van der Waals surface area contributed by atoms with Crippen LogP contribution >= 0.6 is 11.3 Å². The highest BCUT2D eigenvalue weighted by atomic mass is 32.2. The zero-order valence-corrected chi connectivity index (χ0v) is 12.3. The molecule has 0 radical (unpaired) electrons. The fourth-order valence-electron chi connectivity index (χ4n) is 1.52. The molecule has 0 bridgehead atoms. The predicted molar refractivity (Wildman–Crippen MR) is 72.8 cm³/mol. The van der Waals surface area contributed by atoms with Crippen molar-refractivity contribution in [3.8, 4) is 0 Å². The number of nitrogens with two attached hydrogens (primary N) is 1. The number of nitrogens with zero attached hydrogens (tertiary/aromatic N) is 1. The van der Waals surface area contributed by atoms with E-state index in [2.05, 4.69) is 10.3 Å². The maximum absolute atomic E-state index is 11.3. The first kappa shape index (κ1) is 15.9. The van der Waals surface area contributed by atoms with Crippen molar-refractivity contribution in [3.63, 3.8) is 0 Å². The lowest BCUT2D eigenvalue weighted by atomic mass is 10.1. The van der Waals surface area contributed by atoms with E-state index in [1.54, 1.807) is 0 Å². The number of nitrogens with one attached hydrogen (secondary N) is 1. The third kappa shape index (κ3) is 4.44. The van der Waals surface area contributed by atoms with Gasteiger partial charge in [0, 0.05) is 0 Å². The molecule has 4 N–H and O–H groups in total. The van der Waals surface area contributed by atoms with E-state index in [0.717, 1.165) is 24.2 Å². The Morgan fingerprint density at radius 1 is 1.58 bits per heavy atom. The normalized spacial score (nSPS) is 13.2. The minimum Gasteiger partial charge on any atom is -0.480 e. The summed E-state index contributed by atoms with van der Waals surface area (Å²) in [5, 5.41) is 17.1. The molecular weight excluding hydrogens is 290 g/mol. The summed E-state index contributed by atoms with van der Waals surface area (Å²) in [5.41, 5.74) is 0.273. The van der Waals surface area contributed by atoms with Crippen LogP contribution in [0, 0.1) is 6.92 Å². The first-order valence-corrected chi connectivity index (χ1v) is 8.11. The molecule has 1 atom stereocenters. The number of primary sulfonamides is 1. The fraction of sp³-hybridized carbons (Fsp3) is 0.600. The van der Waals surface area contributed by atoms with Crippen molar-refractivity contribution in [1.82, 2.24) is 4.98 Å². The summed E-state index contributed by atoms with van der Waals surface area (Å²) in [6, 6.07) is -0.779. The minimum atomic E-state index is -3.82. The Bertz CT molecular complexity index is 553. The number of thiazole rings is 1. The summed E-state index contributed by atoms with van der Waals surface area (Å²) in [4.78, 5) is 15.1. The number of sulfonamides is 1. The van der Waals surface area contributed by atoms with Gasteiger partial charge in [-0.15, -0.1) is 0 Å². The second kappa shape index (κ2) is 6.31. The molecule has 0 aliphatic heterocycles. The lowest BCUT2D eigenvalue weighted by molar-refractivity contribution is -0.138. The van der Waals surface area contributed by atoms with Crippen LogP contribution in [0.25, 0.3) is 0 Å². The average molecular weight is 307 g/mol. The number of aliphatic carboxylic acids is 1. The Morgan fingerprint density at radius 2 is 2.21 bits per heavy atom. The van der Waals surface area contributed by atoms with Crippen LogP contribution in [0.3, 0.4) is 0 Å². The second-order valence-corrected chi connectivity index (χ2v) is 6.87. The van der Waals surface area contributed by atoms with E-state index >= 15 is 0 Å². The maximum atomic E-state index is 11.3. The molecule has 1 aromatic heterocycles. The molecule has 9 heteroatoms. The molecule has 19 heavy (non-hydrogen) atoms. The molecule has 1 unspecified atom stereocenters. The van der Waals surface area contributed by atoms with Gasteiger partial charge in [-0.05, 0) is 13.3 Å². The monoisotopic (exact) mass is 307 g/mol. The Morgan fingerprint density at radius 3 is 2.63 bits per heavy atom. The number of unbranched alkanes of at least 4 members (excludes halogenated alkanes) is 1. The molecule has 0 fully saturated rings. The van der Waals surface area contributed by atoms with Crippen LogP contribution < -0.4 is 10.5 Å². The largest absolute Gasteiger partial charge is 0.480 e. The standard InChI is InChI=1S/C10H17N3O4S2/c1-3-4-5-7(8(14)15)13-10-12-6(2)9(18-10)19(11,16)17/h7H,3-5H2,1-2H3,(H,12,13)(H,14,15)(H2,11,16,17). The smallest absolute Gasteiger partial charge is 0.326 e. The van der Waals surface area contributed by atoms with Crippen LogP contribution in [-0.4, -0.2) is 30.5 Å². The molecule has 0 saturated carbocycles. The van der Waals surface area contributed by atoms with Gasteiger partial charge in [0.2, 0.25) is 10.0 Å². The minimum absolute atomic E-state index is 0.0466. The van der Waals surface area contributed by atoms with Gasteiger partial charge in [0.05, 0.1) is 5.69 Å². The Labute approximate surface area is 115 Å². The molecular formula is C10H17N3O4S2. The van der Waals surface area contributed by atoms with Gasteiger partial charge in [-0.3, -0.25) is 0 Å². The number of carboxylic acid groups (broad SMARTS) is 1. The lowest BCUT2D eigenvalue weighted by Gasteiger charge is -2.12. The summed E-state index contributed by atoms with van der Waals surface area (Å²) < 4.78 is 22.5. The van der Waals surface area contributed by atoms with E-state index in [-0.39, 0.29) is 15.0 Å². The summed E-state index contributed by atoms with van der Waals surface area (Å²) >= 11 is 0.847. The van der Waals surface area contributed by atoms with Crippen LogP contribution in [-0.2, 0) is 14.8 Å². The fourth-order valence-corrected chi connectivity index (χ4v) is 3.43. The Balaban J connectivity index is 2.89. The number of carbonyl (C=O) groups is 1. The van der Waals surface area contributed by atoms with Gasteiger partial charge in [0.15, 0.2) is 9.34 Å². The molecule has 108 valence electrons. The van der Waals surface area contributed by atoms with Crippen molar-refractivity contribution in [2.24, 2.45) is 5.14 Å². The summed E-state index contributed by atoms with van der Waals surface area (Å²) in [6.45, 7) is 3.48. The third-order valence-corrected chi connectivity index (χ3v) is 5.10. The second-order valence-electron chi connectivity index (χ2n) is 4.11. The van der Waals surface area contributed by atoms with E-state index in [9.17, 15) is 13.2 Å². The maximum Gasteiger partial charge on any atom is 0.326 e. The van der Waals surface area contributed by atoms with Crippen LogP contribution in [0.4, 0.5) is 5.13 Å². The van der Waals surface area contributed by atoms with Crippen molar-refractivity contribution in [2.45, 2.75) is 43.4 Å². The quantitative estimate of drug-likeness (QED) is 0.694. The molecule has 1 heterocycles. The van der Waals surface area contributed by atoms with E-state index in [4.69, 9.17) is 10.2 Å². The average Bonchev–Trinajstić information content (AvgIpc) is 2.65. The SMILES string of the molecule is CCCCC(Nc1nc(C)c(S(N)(=O)=O)s1)C(=O)O. The third-order valence-electron chi connectivity index (χ3n) is 2.45. The van der Waals surface area contributed by atoms with Crippen LogP contribution in [0.1, 0.15) is 31.9 Å². The highest BCUT2D eigenvalue weighted by Gasteiger charge is 2.22. The first-order chi connectivity index (χ1) is 8.75. The lowest BCUT2D eigenvalue weighted by Crippen LogP contribution is -2.29. The van der Waals surface area contributed by atoms with E-state index in [0.29, 0.717) is 6.42 Å². The highest BCUT2D eigenvalue weighted by molar-refractivity contribution is 7.91. The molecule has 0 amide bonds. The molecule has 0 spiro atoms. The Kier molecular flexibility index (Phi) is 5.27. The number of carboxylic acids is 1. The van der Waals surface area contributed by atoms with E-state index < -0.39 is 22.0 Å². The van der Waals surface area contributed by atoms with Crippen molar-refractivity contribution in [2.75, 3.05) is 5.32 Å². The molecule has 1 aromatic rings. The summed E-state index contributed by atoms with van der Waals surface area (Å²) in [5.74, 6) is -0.988. The van der Waals surface area contributed by atoms with Gasteiger partial charge in [0.1, 0.15) is 6.04 Å². The van der Waals surface area contributed by atoms with Crippen LogP contribution in [0.15, 0.2) is 4.21 Å². The van der Waals surface area contributed by atoms with Gasteiger partial charge in [0.25, 0.3) is 0 Å². The van der Waals surface area contributed by atoms with Gasteiger partial charge >= 0.3 is 5.97 Å². The van der Waals surface area contributed by atoms with Crippen LogP contribution in [0.5, 0.6) is 0 Å². The molecule has 0 aliphatic rings. The van der Waals surface area contributed by atoms with Crippen molar-refractivity contribution < 1.29 is 18.3 Å². The molecule has 0 aromatic carbocycles. The van der Waals surface area contributed by atoms with Gasteiger partial charge in [-0.2, -0.15) is 0 Å². The van der Waals surface area contributed by atoms with Crippen molar-refractivity contribution in [1.29, 1.82) is 0 Å². The number of rotatable bonds is 7. The topological polar surface area (TPSA) is 122 Å². The molecule has 0 aliphatic carbocycles. The van der Waals surface area contributed by atoms with E-state index in [1.807, 2.05) is 6.92 Å². The molecule has 0 saturated heterocycles. The van der Waals surface area contributed by atoms with Crippen molar-refractivity contribution >= 4 is 32.5 Å². The van der Waals surface area contributed by atoms with Gasteiger partial charge in [-0.25, -0.2) is 23.3 Å². The molecule has 7 nitrogen and oxygen atoms in total. The van der Waals surface area contributed by atoms with Crippen LogP contribution in [0.2, 0.25) is 0 Å². The summed E-state index contributed by atoms with van der Waals surface area (Å²) in [7, 11) is -3.82. The summed E-state index contributed by atoms with van der Waals surface area (Å²) in [6.07, 6.45) is 2.09. The number of anilines is 1. The van der Waals surface area contributed by atoms with Gasteiger partial charge < -0.3 is 10.4 Å². The predicted octanol–water partition coefficient (Wildman–Crippen LogP) is 1.15. The highest BCUT2D eigenvalue weighted by Crippen LogP contribution is 2.26. The molecule has 1 rings (SSSR count).